The molecular formula is C16H21N3O3S. The van der Waals surface area contributed by atoms with Crippen molar-refractivity contribution in [3.63, 3.8) is 0 Å². The second-order valence-electron chi connectivity index (χ2n) is 5.20. The van der Waals surface area contributed by atoms with Crippen LogP contribution < -0.4 is 10.6 Å². The highest BCUT2D eigenvalue weighted by atomic mass is 32.2. The molecule has 0 aliphatic rings. The van der Waals surface area contributed by atoms with Crippen LogP contribution in [0.15, 0.2) is 52.1 Å². The lowest BCUT2D eigenvalue weighted by atomic mass is 10.1. The maximum atomic E-state index is 11.5. The van der Waals surface area contributed by atoms with Gasteiger partial charge in [-0.05, 0) is 23.3 Å². The number of hydrogen-bond donors (Lipinski definition) is 2. The highest BCUT2D eigenvalue weighted by molar-refractivity contribution is 7.89. The van der Waals surface area contributed by atoms with Crippen molar-refractivity contribution < 1.29 is 12.8 Å². The minimum Gasteiger partial charge on any atom is -0.467 e. The van der Waals surface area contributed by atoms with Crippen molar-refractivity contribution in [3.8, 4) is 0 Å². The van der Waals surface area contributed by atoms with Gasteiger partial charge >= 0.3 is 0 Å². The van der Waals surface area contributed by atoms with Crippen LogP contribution in [-0.4, -0.2) is 27.7 Å². The van der Waals surface area contributed by atoms with Crippen LogP contribution in [0.1, 0.15) is 16.9 Å². The summed E-state index contributed by atoms with van der Waals surface area (Å²) in [6, 6.07) is 11.2. The molecule has 6 nitrogen and oxygen atoms in total. The lowest BCUT2D eigenvalue weighted by molar-refractivity contribution is 0.501. The highest BCUT2D eigenvalue weighted by Crippen LogP contribution is 2.12. The molecule has 2 N–H and O–H groups in total. The average Bonchev–Trinajstić information content (AvgIpc) is 3.01. The molecule has 0 bridgehead atoms. The van der Waals surface area contributed by atoms with E-state index >= 15 is 0 Å². The zero-order chi connectivity index (χ0) is 16.7. The van der Waals surface area contributed by atoms with Gasteiger partial charge in [0.2, 0.25) is 0 Å². The van der Waals surface area contributed by atoms with E-state index < -0.39 is 9.84 Å². The van der Waals surface area contributed by atoms with Crippen LogP contribution in [0, 0.1) is 0 Å². The summed E-state index contributed by atoms with van der Waals surface area (Å²) in [7, 11) is -1.39. The quantitative estimate of drug-likeness (QED) is 0.620. The number of hydrogen-bond acceptors (Lipinski definition) is 4. The smallest absolute Gasteiger partial charge is 0.191 e. The van der Waals surface area contributed by atoms with Gasteiger partial charge in [0.05, 0.1) is 18.6 Å². The van der Waals surface area contributed by atoms with Gasteiger partial charge in [0.25, 0.3) is 0 Å². The van der Waals surface area contributed by atoms with E-state index in [1.54, 1.807) is 13.3 Å². The molecule has 7 heteroatoms. The Kier molecular flexibility index (Phi) is 5.81. The molecule has 0 spiro atoms. The van der Waals surface area contributed by atoms with Crippen LogP contribution >= 0.6 is 0 Å². The van der Waals surface area contributed by atoms with E-state index in [2.05, 4.69) is 15.6 Å². The van der Waals surface area contributed by atoms with E-state index in [4.69, 9.17) is 4.42 Å². The van der Waals surface area contributed by atoms with Gasteiger partial charge in [0.15, 0.2) is 15.8 Å². The van der Waals surface area contributed by atoms with Crippen molar-refractivity contribution in [2.45, 2.75) is 18.8 Å². The molecule has 0 amide bonds. The second-order valence-corrected chi connectivity index (χ2v) is 7.34. The van der Waals surface area contributed by atoms with E-state index in [0.29, 0.717) is 19.0 Å². The molecule has 0 atom stereocenters. The monoisotopic (exact) mass is 335 g/mol. The summed E-state index contributed by atoms with van der Waals surface area (Å²) in [5.74, 6) is 1.46. The third-order valence-corrected chi connectivity index (χ3v) is 4.05. The molecule has 0 aliphatic heterocycles. The van der Waals surface area contributed by atoms with Gasteiger partial charge in [-0.2, -0.15) is 0 Å². The molecule has 0 radical (unpaired) electrons. The van der Waals surface area contributed by atoms with Gasteiger partial charge in [0, 0.05) is 19.8 Å². The zero-order valence-electron chi connectivity index (χ0n) is 13.2. The first-order valence-corrected chi connectivity index (χ1v) is 9.25. The zero-order valence-corrected chi connectivity index (χ0v) is 14.1. The van der Waals surface area contributed by atoms with Crippen LogP contribution in [0.25, 0.3) is 0 Å². The Hall–Kier alpha value is -2.28. The van der Waals surface area contributed by atoms with Crippen molar-refractivity contribution in [2.75, 3.05) is 13.3 Å². The van der Waals surface area contributed by atoms with Crippen molar-refractivity contribution in [2.24, 2.45) is 4.99 Å². The predicted octanol–water partition coefficient (Wildman–Crippen LogP) is 1.69. The van der Waals surface area contributed by atoms with Gasteiger partial charge in [-0.25, -0.2) is 8.42 Å². The lowest BCUT2D eigenvalue weighted by Gasteiger charge is -2.13. The molecule has 0 fully saturated rings. The van der Waals surface area contributed by atoms with Crippen LogP contribution in [0.2, 0.25) is 0 Å². The van der Waals surface area contributed by atoms with Crippen LogP contribution in [0.4, 0.5) is 0 Å². The molecule has 1 heterocycles. The number of sulfone groups is 1. The van der Waals surface area contributed by atoms with Crippen molar-refractivity contribution in [1.82, 2.24) is 10.6 Å². The second kappa shape index (κ2) is 7.82. The molecule has 1 aromatic heterocycles. The fourth-order valence-corrected chi connectivity index (χ4v) is 2.98. The fraction of sp³-hybridized carbons (Fsp3) is 0.312. The van der Waals surface area contributed by atoms with Crippen LogP contribution in [-0.2, 0) is 28.7 Å². The molecule has 0 saturated carbocycles. The largest absolute Gasteiger partial charge is 0.467 e. The molecule has 0 unspecified atom stereocenters. The van der Waals surface area contributed by atoms with E-state index in [-0.39, 0.29) is 5.75 Å². The van der Waals surface area contributed by atoms with Crippen molar-refractivity contribution in [1.29, 1.82) is 0 Å². The van der Waals surface area contributed by atoms with Crippen molar-refractivity contribution >= 4 is 15.8 Å². The predicted molar refractivity (Wildman–Crippen MR) is 90.7 cm³/mol. The number of nitrogens with zero attached hydrogens (tertiary/aromatic N) is 1. The lowest BCUT2D eigenvalue weighted by Crippen LogP contribution is -2.36. The fourth-order valence-electron chi connectivity index (χ4n) is 2.14. The number of rotatable bonds is 6. The maximum absolute atomic E-state index is 11.5. The first-order valence-electron chi connectivity index (χ1n) is 7.19. The molecule has 2 rings (SSSR count). The number of guanidine groups is 1. The molecule has 1 aromatic carbocycles. The SMILES string of the molecule is CN=C(NCc1ccco1)NCc1ccccc1CS(C)(=O)=O. The minimum absolute atomic E-state index is 0.0310. The Morgan fingerprint density at radius 1 is 1.09 bits per heavy atom. The summed E-state index contributed by atoms with van der Waals surface area (Å²) < 4.78 is 28.3. The summed E-state index contributed by atoms with van der Waals surface area (Å²) in [5.41, 5.74) is 1.72. The summed E-state index contributed by atoms with van der Waals surface area (Å²) in [5, 5.41) is 6.31. The van der Waals surface area contributed by atoms with Gasteiger partial charge in [-0.15, -0.1) is 0 Å². The summed E-state index contributed by atoms with van der Waals surface area (Å²) in [6.45, 7) is 1.02. The van der Waals surface area contributed by atoms with Crippen molar-refractivity contribution in [3.05, 3.63) is 59.5 Å². The summed E-state index contributed by atoms with van der Waals surface area (Å²) in [6.07, 6.45) is 2.86. The number of furan rings is 1. The normalized spacial score (nSPS) is 12.2. The van der Waals surface area contributed by atoms with Gasteiger partial charge in [-0.1, -0.05) is 24.3 Å². The number of benzene rings is 1. The van der Waals surface area contributed by atoms with Gasteiger partial charge in [0.1, 0.15) is 5.76 Å². The Morgan fingerprint density at radius 2 is 1.78 bits per heavy atom. The molecule has 23 heavy (non-hydrogen) atoms. The highest BCUT2D eigenvalue weighted by Gasteiger charge is 2.09. The molecule has 0 aliphatic carbocycles. The summed E-state index contributed by atoms with van der Waals surface area (Å²) >= 11 is 0. The molecular weight excluding hydrogens is 314 g/mol. The maximum Gasteiger partial charge on any atom is 0.191 e. The molecule has 0 saturated heterocycles. The molecule has 2 aromatic rings. The Morgan fingerprint density at radius 3 is 2.39 bits per heavy atom. The first kappa shape index (κ1) is 17.1. The topological polar surface area (TPSA) is 83.7 Å². The van der Waals surface area contributed by atoms with Crippen LogP contribution in [0.3, 0.4) is 0 Å². The third-order valence-electron chi connectivity index (χ3n) is 3.22. The third kappa shape index (κ3) is 5.78. The van der Waals surface area contributed by atoms with E-state index in [0.717, 1.165) is 16.9 Å². The van der Waals surface area contributed by atoms with E-state index in [1.807, 2.05) is 36.4 Å². The molecule has 124 valence electrons. The standard InChI is InChI=1S/C16H21N3O3S/c1-17-16(19-11-15-8-5-9-22-15)18-10-13-6-3-4-7-14(13)12-23(2,20)21/h3-9H,10-12H2,1-2H3,(H2,17,18,19). The van der Waals surface area contributed by atoms with E-state index in [9.17, 15) is 8.42 Å². The van der Waals surface area contributed by atoms with Crippen LogP contribution in [0.5, 0.6) is 0 Å². The Balaban J connectivity index is 1.96. The minimum atomic E-state index is -3.07. The average molecular weight is 335 g/mol. The Labute approximate surface area is 136 Å². The van der Waals surface area contributed by atoms with Gasteiger partial charge < -0.3 is 15.1 Å². The van der Waals surface area contributed by atoms with E-state index in [1.165, 1.54) is 6.26 Å². The number of aliphatic imine (C=N–C) groups is 1. The number of nitrogens with one attached hydrogen (secondary N) is 2. The summed E-state index contributed by atoms with van der Waals surface area (Å²) in [4.78, 5) is 4.14. The first-order chi connectivity index (χ1) is 11.0. The Bertz CT molecular complexity index is 753. The van der Waals surface area contributed by atoms with Gasteiger partial charge in [-0.3, -0.25) is 4.99 Å².